The molecule has 0 radical (unpaired) electrons. The van der Waals surface area contributed by atoms with Crippen LogP contribution in [-0.2, 0) is 23.8 Å². The Morgan fingerprint density at radius 3 is 1.01 bits per heavy atom. The molecule has 1 atom stereocenters. The van der Waals surface area contributed by atoms with Crippen LogP contribution in [0.1, 0.15) is 278 Å². The van der Waals surface area contributed by atoms with Gasteiger partial charge in [0, 0.05) is 19.4 Å². The highest BCUT2D eigenvalue weighted by atomic mass is 16.6. The molecule has 0 heterocycles. The molecule has 0 bridgehead atoms. The molecule has 412 valence electrons. The van der Waals surface area contributed by atoms with Crippen LogP contribution in [0.2, 0.25) is 0 Å². The van der Waals surface area contributed by atoms with Crippen LogP contribution in [-0.4, -0.2) is 37.9 Å². The average molecular weight is 1000 g/mol. The van der Waals surface area contributed by atoms with Gasteiger partial charge < -0.3 is 14.2 Å². The van der Waals surface area contributed by atoms with E-state index in [4.69, 9.17) is 14.2 Å². The van der Waals surface area contributed by atoms with Gasteiger partial charge in [-0.15, -0.1) is 0 Å². The van der Waals surface area contributed by atoms with Crippen LogP contribution in [0.3, 0.4) is 0 Å². The molecule has 0 aliphatic carbocycles. The minimum atomic E-state index is -0.569. The molecular weight excluding hydrogens is 885 g/mol. The SMILES string of the molecule is CC/C=C\C/C=C\C/C=C\C/C=C\C/C=C\CCCCCC(=O)OCC(COCCCCCCCCCCCCCCCCCCCCCC)OC(=O)CCCCCC/C=C\C/C=C\C/C=C\C/C=C\CC. The molecule has 0 fully saturated rings. The molecule has 0 aliphatic heterocycles. The van der Waals surface area contributed by atoms with Crippen molar-refractivity contribution in [1.29, 1.82) is 0 Å². The maximum absolute atomic E-state index is 12.9. The fraction of sp³-hybridized carbons (Fsp3) is 0.701. The van der Waals surface area contributed by atoms with Crippen molar-refractivity contribution in [2.24, 2.45) is 0 Å². The Balaban J connectivity index is 4.37. The summed E-state index contributed by atoms with van der Waals surface area (Å²) < 4.78 is 17.5. The standard InChI is InChI=1S/C67H114O5/c1-4-7-10-13-16-19-22-25-28-31-33-35-38-41-44-47-50-53-56-59-62-70-63-65(72-67(69)61-58-55-52-49-46-43-40-36-30-27-24-21-18-15-12-9-6-3)64-71-66(68)60-57-54-51-48-45-42-39-37-34-32-29-26-23-20-17-14-11-8-5-2/h8-9,11-12,17-18,20-21,26-27,29-30,34,37,40,42-43,45,65H,4-7,10,13-16,19,22-25,28,31-33,35-36,38-39,41,44,46-64H2,1-3H3/b11-8-,12-9-,20-17-,21-18-,29-26-,30-27-,37-34-,43-40-,45-42-. The molecule has 0 aromatic heterocycles. The van der Waals surface area contributed by atoms with E-state index in [9.17, 15) is 9.59 Å². The van der Waals surface area contributed by atoms with E-state index in [1.165, 1.54) is 116 Å². The maximum Gasteiger partial charge on any atom is 0.306 e. The Bertz CT molecular complexity index is 1410. The number of unbranched alkanes of at least 4 members (excludes halogenated alkanes) is 26. The van der Waals surface area contributed by atoms with Crippen molar-refractivity contribution in [1.82, 2.24) is 0 Å². The highest BCUT2D eigenvalue weighted by Gasteiger charge is 2.17. The first kappa shape index (κ1) is 68.6. The smallest absolute Gasteiger partial charge is 0.306 e. The number of carbonyl (C=O) groups excluding carboxylic acids is 2. The largest absolute Gasteiger partial charge is 0.462 e. The van der Waals surface area contributed by atoms with Crippen molar-refractivity contribution in [2.45, 2.75) is 284 Å². The van der Waals surface area contributed by atoms with Gasteiger partial charge in [0.15, 0.2) is 6.10 Å². The van der Waals surface area contributed by atoms with E-state index in [0.29, 0.717) is 19.4 Å². The number of carbonyl (C=O) groups is 2. The van der Waals surface area contributed by atoms with Crippen LogP contribution < -0.4 is 0 Å². The fourth-order valence-electron chi connectivity index (χ4n) is 8.35. The van der Waals surface area contributed by atoms with Crippen molar-refractivity contribution in [2.75, 3.05) is 19.8 Å². The van der Waals surface area contributed by atoms with E-state index in [2.05, 4.69) is 130 Å². The summed E-state index contributed by atoms with van der Waals surface area (Å²) in [6.45, 7) is 7.57. The molecular formula is C67H114O5. The van der Waals surface area contributed by atoms with Crippen LogP contribution in [0, 0.1) is 0 Å². The average Bonchev–Trinajstić information content (AvgIpc) is 3.38. The van der Waals surface area contributed by atoms with Crippen molar-refractivity contribution < 1.29 is 23.8 Å². The molecule has 0 saturated heterocycles. The summed E-state index contributed by atoms with van der Waals surface area (Å²) in [5, 5.41) is 0. The zero-order valence-electron chi connectivity index (χ0n) is 47.4. The lowest BCUT2D eigenvalue weighted by Crippen LogP contribution is -2.30. The van der Waals surface area contributed by atoms with Crippen LogP contribution in [0.25, 0.3) is 0 Å². The summed E-state index contributed by atoms with van der Waals surface area (Å²) in [4.78, 5) is 25.6. The number of esters is 2. The second-order valence-electron chi connectivity index (χ2n) is 19.8. The second-order valence-corrected chi connectivity index (χ2v) is 19.8. The lowest BCUT2D eigenvalue weighted by molar-refractivity contribution is -0.163. The van der Waals surface area contributed by atoms with E-state index >= 15 is 0 Å². The van der Waals surface area contributed by atoms with Gasteiger partial charge in [0.1, 0.15) is 6.61 Å². The van der Waals surface area contributed by atoms with Gasteiger partial charge in [-0.3, -0.25) is 9.59 Å². The highest BCUT2D eigenvalue weighted by Crippen LogP contribution is 2.16. The normalized spacial score (nSPS) is 13.0. The van der Waals surface area contributed by atoms with Gasteiger partial charge in [-0.25, -0.2) is 0 Å². The number of allylic oxidation sites excluding steroid dienone is 18. The number of rotatable bonds is 55. The highest BCUT2D eigenvalue weighted by molar-refractivity contribution is 5.70. The zero-order valence-corrected chi connectivity index (χ0v) is 47.4. The van der Waals surface area contributed by atoms with Crippen molar-refractivity contribution in [3.8, 4) is 0 Å². The molecule has 0 rings (SSSR count). The minimum absolute atomic E-state index is 0.0543. The Morgan fingerprint density at radius 2 is 0.625 bits per heavy atom. The lowest BCUT2D eigenvalue weighted by atomic mass is 10.0. The Hall–Kier alpha value is -3.44. The summed E-state index contributed by atoms with van der Waals surface area (Å²) in [5.74, 6) is -0.458. The quantitative estimate of drug-likeness (QED) is 0.0345. The van der Waals surface area contributed by atoms with E-state index in [1.807, 2.05) is 0 Å². The first-order valence-corrected chi connectivity index (χ1v) is 30.4. The number of ether oxygens (including phenoxy) is 3. The molecule has 1 unspecified atom stereocenters. The predicted molar refractivity (Wildman–Crippen MR) is 316 cm³/mol. The summed E-state index contributed by atoms with van der Waals surface area (Å²) in [6.07, 6.45) is 85.5. The fourth-order valence-corrected chi connectivity index (χ4v) is 8.35. The lowest BCUT2D eigenvalue weighted by Gasteiger charge is -2.18. The third kappa shape index (κ3) is 59.1. The molecule has 0 amide bonds. The van der Waals surface area contributed by atoms with Gasteiger partial charge in [0.2, 0.25) is 0 Å². The van der Waals surface area contributed by atoms with Crippen LogP contribution in [0.5, 0.6) is 0 Å². The summed E-state index contributed by atoms with van der Waals surface area (Å²) in [5.41, 5.74) is 0. The van der Waals surface area contributed by atoms with Crippen molar-refractivity contribution in [3.63, 3.8) is 0 Å². The van der Waals surface area contributed by atoms with Gasteiger partial charge in [-0.05, 0) is 103 Å². The van der Waals surface area contributed by atoms with E-state index in [1.54, 1.807) is 0 Å². The molecule has 0 saturated carbocycles. The third-order valence-electron chi connectivity index (χ3n) is 12.8. The Kier molecular flexibility index (Phi) is 58.9. The van der Waals surface area contributed by atoms with Gasteiger partial charge >= 0.3 is 11.9 Å². The Labute approximate surface area is 446 Å². The van der Waals surface area contributed by atoms with Crippen LogP contribution in [0.4, 0.5) is 0 Å². The van der Waals surface area contributed by atoms with Gasteiger partial charge in [0.05, 0.1) is 6.61 Å². The maximum atomic E-state index is 12.9. The summed E-state index contributed by atoms with van der Waals surface area (Å²) >= 11 is 0. The molecule has 0 aromatic rings. The predicted octanol–water partition coefficient (Wildman–Crippen LogP) is 21.1. The van der Waals surface area contributed by atoms with Crippen LogP contribution in [0.15, 0.2) is 109 Å². The topological polar surface area (TPSA) is 61.8 Å². The second kappa shape index (κ2) is 61.9. The van der Waals surface area contributed by atoms with Gasteiger partial charge in [0.25, 0.3) is 0 Å². The number of hydrogen-bond acceptors (Lipinski definition) is 5. The zero-order chi connectivity index (χ0) is 52.0. The molecule has 5 heteroatoms. The summed E-state index contributed by atoms with van der Waals surface area (Å²) in [7, 11) is 0. The third-order valence-corrected chi connectivity index (χ3v) is 12.8. The summed E-state index contributed by atoms with van der Waals surface area (Å²) in [6, 6.07) is 0. The number of hydrogen-bond donors (Lipinski definition) is 0. The van der Waals surface area contributed by atoms with E-state index in [-0.39, 0.29) is 25.2 Å². The minimum Gasteiger partial charge on any atom is -0.462 e. The molecule has 0 N–H and O–H groups in total. The van der Waals surface area contributed by atoms with E-state index in [0.717, 1.165) is 128 Å². The van der Waals surface area contributed by atoms with Crippen molar-refractivity contribution in [3.05, 3.63) is 109 Å². The first-order chi connectivity index (χ1) is 35.6. The van der Waals surface area contributed by atoms with Crippen molar-refractivity contribution >= 4 is 11.9 Å². The Morgan fingerprint density at radius 1 is 0.319 bits per heavy atom. The van der Waals surface area contributed by atoms with Gasteiger partial charge in [-0.2, -0.15) is 0 Å². The first-order valence-electron chi connectivity index (χ1n) is 30.4. The molecule has 5 nitrogen and oxygen atoms in total. The molecule has 0 aliphatic rings. The molecule has 0 aromatic carbocycles. The van der Waals surface area contributed by atoms with Crippen LogP contribution >= 0.6 is 0 Å². The van der Waals surface area contributed by atoms with E-state index < -0.39 is 6.10 Å². The monoisotopic (exact) mass is 999 g/mol. The van der Waals surface area contributed by atoms with Gasteiger partial charge in [-0.1, -0.05) is 271 Å². The molecule has 0 spiro atoms. The molecule has 72 heavy (non-hydrogen) atoms.